The molecule has 3 heterocycles. The fourth-order valence-electron chi connectivity index (χ4n) is 3.47. The highest BCUT2D eigenvalue weighted by atomic mass is 35.5. The van der Waals surface area contributed by atoms with Gasteiger partial charge in [0.15, 0.2) is 10.8 Å². The van der Waals surface area contributed by atoms with E-state index in [0.29, 0.717) is 0 Å². The Balaban J connectivity index is 0.00000588. The van der Waals surface area contributed by atoms with Crippen molar-refractivity contribution in [2.24, 2.45) is 5.16 Å². The number of nitrogens with one attached hydrogen (secondary N) is 1. The third kappa shape index (κ3) is 7.92. The van der Waals surface area contributed by atoms with Crippen molar-refractivity contribution in [3.63, 3.8) is 0 Å². The number of hydrogen-bond donors (Lipinski definition) is 3. The number of thioether (sulfide) groups is 1. The number of anilines is 1. The average Bonchev–Trinajstić information content (AvgIpc) is 3.30. The van der Waals surface area contributed by atoms with Crippen LogP contribution in [0, 0.1) is 0 Å². The van der Waals surface area contributed by atoms with Gasteiger partial charge in [0.25, 0.3) is 11.8 Å². The summed E-state index contributed by atoms with van der Waals surface area (Å²) in [6, 6.07) is -1.10. The first-order valence-corrected chi connectivity index (χ1v) is 13.6. The van der Waals surface area contributed by atoms with Gasteiger partial charge in [0, 0.05) is 37.7 Å². The van der Waals surface area contributed by atoms with Crippen molar-refractivity contribution in [1.82, 2.24) is 20.1 Å². The van der Waals surface area contributed by atoms with Gasteiger partial charge in [-0.15, -0.1) is 35.5 Å². The van der Waals surface area contributed by atoms with Crippen LogP contribution in [0.5, 0.6) is 0 Å². The summed E-state index contributed by atoms with van der Waals surface area (Å²) in [5.74, 6) is -2.48. The molecule has 3 atom stereocenters. The van der Waals surface area contributed by atoms with Crippen molar-refractivity contribution in [1.29, 1.82) is 0 Å². The minimum absolute atomic E-state index is 0. The minimum atomic E-state index is -1.38. The van der Waals surface area contributed by atoms with E-state index in [1.54, 1.807) is 13.8 Å². The van der Waals surface area contributed by atoms with Gasteiger partial charge < -0.3 is 40.1 Å². The van der Waals surface area contributed by atoms with Gasteiger partial charge in [-0.1, -0.05) is 5.16 Å². The van der Waals surface area contributed by atoms with Gasteiger partial charge >= 0.3 is 18.2 Å². The highest BCUT2D eigenvalue weighted by molar-refractivity contribution is 8.00. The van der Waals surface area contributed by atoms with Crippen molar-refractivity contribution in [3.8, 4) is 0 Å². The summed E-state index contributed by atoms with van der Waals surface area (Å²) in [5, 5.41) is 15.6. The van der Waals surface area contributed by atoms with E-state index in [0.717, 1.165) is 16.2 Å². The van der Waals surface area contributed by atoms with Crippen molar-refractivity contribution in [2.75, 3.05) is 32.2 Å². The molecule has 16 nitrogen and oxygen atoms in total. The zero-order valence-electron chi connectivity index (χ0n) is 22.5. The topological polar surface area (TPSA) is 212 Å². The van der Waals surface area contributed by atoms with Crippen LogP contribution >= 0.6 is 35.5 Å². The standard InChI is InChI=1S/C22H28N6O10S2.ClH/c1-9(2)36-22(33)38-10(3)37-19(31)15-11(6-35-21(32)27(4)5)7-39-18-14(17(30)28(15)18)25-16(29)13(26-34)12-8-40-20(23)24-12;/h8-10,14,18,34H,6-7H2,1-5H3,(H2,23,24)(H,25,29);1H/b26-13+;/t10?,14?,18-;/m1./s1. The van der Waals surface area contributed by atoms with Gasteiger partial charge in [-0.3, -0.25) is 14.5 Å². The van der Waals surface area contributed by atoms with Crippen LogP contribution in [-0.2, 0) is 33.3 Å². The molecule has 1 saturated heterocycles. The molecule has 3 amide bonds. The molecule has 0 saturated carbocycles. The number of amides is 3. The second kappa shape index (κ2) is 14.2. The second-order valence-corrected chi connectivity index (χ2v) is 10.8. The quantitative estimate of drug-likeness (QED) is 0.0660. The lowest BCUT2D eigenvalue weighted by Gasteiger charge is -2.49. The Kier molecular flexibility index (Phi) is 11.6. The number of nitrogens with zero attached hydrogens (tertiary/aromatic N) is 4. The Bertz CT molecular complexity index is 1250. The summed E-state index contributed by atoms with van der Waals surface area (Å²) in [6.45, 7) is 4.16. The maximum absolute atomic E-state index is 13.2. The molecular weight excluding hydrogens is 608 g/mol. The molecule has 19 heteroatoms. The number of aromatic nitrogens is 1. The summed E-state index contributed by atoms with van der Waals surface area (Å²) in [4.78, 5) is 69.1. The van der Waals surface area contributed by atoms with Gasteiger partial charge in [0.2, 0.25) is 6.29 Å². The number of ether oxygens (including phenoxy) is 4. The lowest BCUT2D eigenvalue weighted by molar-refractivity contribution is -0.169. The van der Waals surface area contributed by atoms with Crippen molar-refractivity contribution in [3.05, 3.63) is 22.3 Å². The molecule has 0 aliphatic carbocycles. The molecule has 41 heavy (non-hydrogen) atoms. The molecule has 226 valence electrons. The third-order valence-electron chi connectivity index (χ3n) is 5.21. The first-order valence-electron chi connectivity index (χ1n) is 11.7. The van der Waals surface area contributed by atoms with Crippen LogP contribution in [0.4, 0.5) is 14.7 Å². The molecule has 1 aromatic rings. The normalized spacial score (nSPS) is 18.8. The van der Waals surface area contributed by atoms with E-state index < -0.39 is 59.6 Å². The van der Waals surface area contributed by atoms with Gasteiger partial charge in [0.1, 0.15) is 29.4 Å². The zero-order chi connectivity index (χ0) is 29.7. The van der Waals surface area contributed by atoms with E-state index in [1.165, 1.54) is 43.1 Å². The van der Waals surface area contributed by atoms with Crippen molar-refractivity contribution in [2.45, 2.75) is 44.6 Å². The number of nitrogen functional groups attached to an aromatic ring is 1. The SMILES string of the molecule is CC(C)OC(=O)OC(C)OC(=O)C1=C(COC(=O)N(C)C)CS[C@@H]2C(NC(=O)/C(=N/O)c3csc(N)n3)C(=O)N12.Cl. The van der Waals surface area contributed by atoms with E-state index in [-0.39, 0.29) is 46.9 Å². The Morgan fingerprint density at radius 2 is 1.93 bits per heavy atom. The first kappa shape index (κ1) is 33.4. The molecule has 0 bridgehead atoms. The molecule has 0 aromatic carbocycles. The van der Waals surface area contributed by atoms with Crippen LogP contribution < -0.4 is 11.1 Å². The van der Waals surface area contributed by atoms with Crippen LogP contribution in [0.3, 0.4) is 0 Å². The number of carbonyl (C=O) groups excluding carboxylic acids is 5. The van der Waals surface area contributed by atoms with E-state index in [9.17, 15) is 29.2 Å². The van der Waals surface area contributed by atoms with Crippen LogP contribution in [0.2, 0.25) is 0 Å². The Labute approximate surface area is 248 Å². The van der Waals surface area contributed by atoms with Gasteiger partial charge in [-0.2, -0.15) is 0 Å². The maximum Gasteiger partial charge on any atom is 0.511 e. The molecule has 3 rings (SSSR count). The molecular formula is C22H29ClN6O10S2. The van der Waals surface area contributed by atoms with E-state index in [4.69, 9.17) is 24.7 Å². The molecule has 0 spiro atoms. The number of halogens is 1. The predicted molar refractivity (Wildman–Crippen MR) is 147 cm³/mol. The molecule has 4 N–H and O–H groups in total. The second-order valence-electron chi connectivity index (χ2n) is 8.79. The van der Waals surface area contributed by atoms with Gasteiger partial charge in [0.05, 0.1) is 6.10 Å². The number of nitrogens with two attached hydrogens (primary N) is 1. The highest BCUT2D eigenvalue weighted by Gasteiger charge is 2.55. The van der Waals surface area contributed by atoms with E-state index in [1.807, 2.05) is 0 Å². The largest absolute Gasteiger partial charge is 0.511 e. The first-order chi connectivity index (χ1) is 18.8. The monoisotopic (exact) mass is 636 g/mol. The molecule has 0 radical (unpaired) electrons. The number of fused-ring (bicyclic) bond motifs is 1. The number of rotatable bonds is 9. The lowest BCUT2D eigenvalue weighted by Crippen LogP contribution is -2.71. The molecule has 1 fully saturated rings. The van der Waals surface area contributed by atoms with Crippen molar-refractivity contribution >= 4 is 76.4 Å². The number of esters is 1. The Morgan fingerprint density at radius 1 is 1.24 bits per heavy atom. The van der Waals surface area contributed by atoms with Gasteiger partial charge in [-0.25, -0.2) is 19.4 Å². The Hall–Kier alpha value is -3.77. The molecule has 2 aliphatic rings. The highest BCUT2D eigenvalue weighted by Crippen LogP contribution is 2.41. The molecule has 2 aliphatic heterocycles. The zero-order valence-corrected chi connectivity index (χ0v) is 25.0. The summed E-state index contributed by atoms with van der Waals surface area (Å²) in [6.07, 6.45) is -3.60. The number of hydrogen-bond acceptors (Lipinski definition) is 15. The summed E-state index contributed by atoms with van der Waals surface area (Å²) in [7, 11) is 2.95. The van der Waals surface area contributed by atoms with E-state index in [2.05, 4.69) is 15.5 Å². The van der Waals surface area contributed by atoms with Gasteiger partial charge in [-0.05, 0) is 13.8 Å². The third-order valence-corrected chi connectivity index (χ3v) is 7.22. The Morgan fingerprint density at radius 3 is 2.49 bits per heavy atom. The van der Waals surface area contributed by atoms with Crippen LogP contribution in [-0.4, -0.2) is 106 Å². The smallest absolute Gasteiger partial charge is 0.445 e. The fraction of sp³-hybridized carbons (Fsp3) is 0.500. The lowest BCUT2D eigenvalue weighted by atomic mass is 10.0. The predicted octanol–water partition coefficient (Wildman–Crippen LogP) is 1.13. The van der Waals surface area contributed by atoms with E-state index >= 15 is 0 Å². The maximum atomic E-state index is 13.2. The number of oxime groups is 1. The number of thiazole rings is 1. The molecule has 2 unspecified atom stereocenters. The van der Waals surface area contributed by atoms with Crippen LogP contribution in [0.25, 0.3) is 0 Å². The minimum Gasteiger partial charge on any atom is -0.445 e. The number of carbonyl (C=O) groups is 5. The van der Waals surface area contributed by atoms with Crippen LogP contribution in [0.1, 0.15) is 26.5 Å². The fourth-order valence-corrected chi connectivity index (χ4v) is 5.34. The number of β-lactam (4-membered cyclic amide) rings is 1. The molecule has 1 aromatic heterocycles. The summed E-state index contributed by atoms with van der Waals surface area (Å²) >= 11 is 2.22. The van der Waals surface area contributed by atoms with Crippen LogP contribution in [0.15, 0.2) is 21.8 Å². The summed E-state index contributed by atoms with van der Waals surface area (Å²) < 4.78 is 20.2. The average molecular weight is 637 g/mol. The summed E-state index contributed by atoms with van der Waals surface area (Å²) in [5.41, 5.74) is 5.17. The van der Waals surface area contributed by atoms with Crippen molar-refractivity contribution < 1.29 is 48.1 Å².